The van der Waals surface area contributed by atoms with Gasteiger partial charge in [0.25, 0.3) is 0 Å². The van der Waals surface area contributed by atoms with Crippen LogP contribution in [0.1, 0.15) is 17.2 Å². The number of hydrogen-bond acceptors (Lipinski definition) is 1. The van der Waals surface area contributed by atoms with Crippen molar-refractivity contribution >= 4 is 10.9 Å². The fourth-order valence-electron chi connectivity index (χ4n) is 2.22. The van der Waals surface area contributed by atoms with Gasteiger partial charge in [-0.2, -0.15) is 0 Å². The number of para-hydroxylation sites is 1. The lowest BCUT2D eigenvalue weighted by Gasteiger charge is -2.08. The van der Waals surface area contributed by atoms with Crippen LogP contribution in [-0.2, 0) is 0 Å². The zero-order chi connectivity index (χ0) is 11.7. The fourth-order valence-corrected chi connectivity index (χ4v) is 2.22. The summed E-state index contributed by atoms with van der Waals surface area (Å²) in [5.41, 5.74) is 2.34. The summed E-state index contributed by atoms with van der Waals surface area (Å²) in [5, 5.41) is 1.22. The van der Waals surface area contributed by atoms with Gasteiger partial charge in [0.1, 0.15) is 5.76 Å². The average Bonchev–Trinajstić information content (AvgIpc) is 3.01. The van der Waals surface area contributed by atoms with Crippen molar-refractivity contribution in [3.05, 3.63) is 72.8 Å². The summed E-state index contributed by atoms with van der Waals surface area (Å²) < 4.78 is 5.47. The van der Waals surface area contributed by atoms with Gasteiger partial charge in [-0.1, -0.05) is 24.3 Å². The number of aromatic amines is 1. The van der Waals surface area contributed by atoms with Crippen LogP contribution in [0, 0.1) is 0 Å². The number of hydrogen-bond donors (Lipinski definition) is 1. The van der Waals surface area contributed by atoms with Crippen LogP contribution in [0.25, 0.3) is 10.9 Å². The molecule has 2 heterocycles. The molecule has 0 bridgehead atoms. The van der Waals surface area contributed by atoms with Gasteiger partial charge in [0, 0.05) is 17.1 Å². The van der Waals surface area contributed by atoms with E-state index in [4.69, 9.17) is 4.42 Å². The Labute approximate surface area is 99.6 Å². The molecule has 3 rings (SSSR count). The standard InChI is InChI=1S/C15H13NO/c1-2-11(15-8-5-9-17-15)13-10-16-14-7-4-3-6-12(13)14/h2-11,16H,1H2. The van der Waals surface area contributed by atoms with E-state index in [-0.39, 0.29) is 5.92 Å². The van der Waals surface area contributed by atoms with Crippen LogP contribution in [0.15, 0.2) is 65.9 Å². The van der Waals surface area contributed by atoms with E-state index in [1.807, 2.05) is 36.5 Å². The molecule has 1 atom stereocenters. The molecule has 1 N–H and O–H groups in total. The summed E-state index contributed by atoms with van der Waals surface area (Å²) in [6.45, 7) is 3.91. The average molecular weight is 223 g/mol. The number of nitrogens with one attached hydrogen (secondary N) is 1. The van der Waals surface area contributed by atoms with Gasteiger partial charge in [-0.3, -0.25) is 0 Å². The largest absolute Gasteiger partial charge is 0.468 e. The van der Waals surface area contributed by atoms with Crippen molar-refractivity contribution in [2.45, 2.75) is 5.92 Å². The monoisotopic (exact) mass is 223 g/mol. The first-order chi connectivity index (χ1) is 8.40. The molecule has 0 aliphatic heterocycles. The summed E-state index contributed by atoms with van der Waals surface area (Å²) in [6.07, 6.45) is 5.63. The second kappa shape index (κ2) is 3.98. The van der Waals surface area contributed by atoms with Crippen molar-refractivity contribution in [2.24, 2.45) is 0 Å². The number of furan rings is 1. The Balaban J connectivity index is 2.17. The SMILES string of the molecule is C=CC(c1ccco1)c1c[nH]c2ccccc12. The predicted octanol–water partition coefficient (Wildman–Crippen LogP) is 4.08. The third-order valence-corrected chi connectivity index (χ3v) is 3.04. The molecule has 1 aromatic carbocycles. The highest BCUT2D eigenvalue weighted by Crippen LogP contribution is 2.31. The summed E-state index contributed by atoms with van der Waals surface area (Å²) in [4.78, 5) is 3.28. The van der Waals surface area contributed by atoms with Gasteiger partial charge in [0.05, 0.1) is 12.2 Å². The molecule has 0 aliphatic rings. The molecule has 3 aromatic rings. The van der Waals surface area contributed by atoms with Crippen molar-refractivity contribution in [1.82, 2.24) is 4.98 Å². The lowest BCUT2D eigenvalue weighted by Crippen LogP contribution is -1.94. The van der Waals surface area contributed by atoms with Gasteiger partial charge >= 0.3 is 0 Å². The highest BCUT2D eigenvalue weighted by Gasteiger charge is 2.16. The Bertz CT molecular complexity index is 634. The molecule has 0 saturated carbocycles. The topological polar surface area (TPSA) is 28.9 Å². The van der Waals surface area contributed by atoms with Crippen molar-refractivity contribution in [1.29, 1.82) is 0 Å². The van der Waals surface area contributed by atoms with Gasteiger partial charge in [0.15, 0.2) is 0 Å². The number of fused-ring (bicyclic) bond motifs is 1. The van der Waals surface area contributed by atoms with E-state index in [0.717, 1.165) is 11.3 Å². The van der Waals surface area contributed by atoms with Crippen molar-refractivity contribution < 1.29 is 4.42 Å². The second-order valence-corrected chi connectivity index (χ2v) is 4.02. The number of H-pyrrole nitrogens is 1. The normalized spacial score (nSPS) is 12.7. The molecule has 1 unspecified atom stereocenters. The molecule has 2 nitrogen and oxygen atoms in total. The van der Waals surface area contributed by atoms with Gasteiger partial charge < -0.3 is 9.40 Å². The molecule has 0 spiro atoms. The molecule has 0 radical (unpaired) electrons. The molecule has 0 saturated heterocycles. The maximum Gasteiger partial charge on any atom is 0.115 e. The van der Waals surface area contributed by atoms with Crippen LogP contribution in [-0.4, -0.2) is 4.98 Å². The van der Waals surface area contributed by atoms with Gasteiger partial charge in [-0.25, -0.2) is 0 Å². The van der Waals surface area contributed by atoms with Crippen LogP contribution in [0.5, 0.6) is 0 Å². The highest BCUT2D eigenvalue weighted by atomic mass is 16.3. The smallest absolute Gasteiger partial charge is 0.115 e. The first kappa shape index (κ1) is 9.97. The van der Waals surface area contributed by atoms with Crippen molar-refractivity contribution in [2.75, 3.05) is 0 Å². The molecule has 0 amide bonds. The Morgan fingerprint density at radius 1 is 1.18 bits per heavy atom. The van der Waals surface area contributed by atoms with E-state index in [2.05, 4.69) is 23.7 Å². The summed E-state index contributed by atoms with van der Waals surface area (Å²) in [6, 6.07) is 12.1. The number of allylic oxidation sites excluding steroid dienone is 1. The minimum absolute atomic E-state index is 0.0983. The molecular weight excluding hydrogens is 210 g/mol. The van der Waals surface area contributed by atoms with Crippen molar-refractivity contribution in [3.8, 4) is 0 Å². The van der Waals surface area contributed by atoms with E-state index in [1.54, 1.807) is 6.26 Å². The number of rotatable bonds is 3. The summed E-state index contributed by atoms with van der Waals surface area (Å²) in [5.74, 6) is 1.02. The molecule has 0 aliphatic carbocycles. The lowest BCUT2D eigenvalue weighted by molar-refractivity contribution is 0.507. The third kappa shape index (κ3) is 1.58. The molecule has 0 fully saturated rings. The van der Waals surface area contributed by atoms with Crippen molar-refractivity contribution in [3.63, 3.8) is 0 Å². The maximum atomic E-state index is 5.47. The predicted molar refractivity (Wildman–Crippen MR) is 69.0 cm³/mol. The second-order valence-electron chi connectivity index (χ2n) is 4.02. The molecule has 84 valence electrons. The van der Waals surface area contributed by atoms with Crippen LogP contribution in [0.4, 0.5) is 0 Å². The van der Waals surface area contributed by atoms with Crippen LogP contribution in [0.3, 0.4) is 0 Å². The number of aromatic nitrogens is 1. The van der Waals surface area contributed by atoms with E-state index >= 15 is 0 Å². The molecule has 17 heavy (non-hydrogen) atoms. The van der Waals surface area contributed by atoms with E-state index in [1.165, 1.54) is 10.9 Å². The van der Waals surface area contributed by atoms with Gasteiger partial charge in [0.2, 0.25) is 0 Å². The molecule has 2 aromatic heterocycles. The quantitative estimate of drug-likeness (QED) is 0.666. The molecule has 2 heteroatoms. The van der Waals surface area contributed by atoms with E-state index < -0.39 is 0 Å². The Morgan fingerprint density at radius 2 is 2.06 bits per heavy atom. The zero-order valence-corrected chi connectivity index (χ0v) is 9.39. The van der Waals surface area contributed by atoms with Crippen LogP contribution < -0.4 is 0 Å². The van der Waals surface area contributed by atoms with E-state index in [0.29, 0.717) is 0 Å². The van der Waals surface area contributed by atoms with Gasteiger partial charge in [-0.15, -0.1) is 6.58 Å². The van der Waals surface area contributed by atoms with E-state index in [9.17, 15) is 0 Å². The first-order valence-corrected chi connectivity index (χ1v) is 5.62. The minimum atomic E-state index is 0.0983. The fraction of sp³-hybridized carbons (Fsp3) is 0.0667. The third-order valence-electron chi connectivity index (χ3n) is 3.04. The zero-order valence-electron chi connectivity index (χ0n) is 9.39. The maximum absolute atomic E-state index is 5.47. The van der Waals surface area contributed by atoms with Crippen LogP contribution in [0.2, 0.25) is 0 Å². The minimum Gasteiger partial charge on any atom is -0.468 e. The van der Waals surface area contributed by atoms with Gasteiger partial charge in [-0.05, 0) is 23.8 Å². The van der Waals surface area contributed by atoms with Crippen LogP contribution >= 0.6 is 0 Å². The summed E-state index contributed by atoms with van der Waals surface area (Å²) >= 11 is 0. The Kier molecular flexibility index (Phi) is 2.33. The summed E-state index contributed by atoms with van der Waals surface area (Å²) in [7, 11) is 0. The molecular formula is C15H13NO. The highest BCUT2D eigenvalue weighted by molar-refractivity contribution is 5.84. The number of benzene rings is 1. The Morgan fingerprint density at radius 3 is 2.82 bits per heavy atom. The Hall–Kier alpha value is -2.22. The first-order valence-electron chi connectivity index (χ1n) is 5.62. The lowest BCUT2D eigenvalue weighted by atomic mass is 9.96.